The second kappa shape index (κ2) is 6.95. The molecule has 2 atom stereocenters. The van der Waals surface area contributed by atoms with Gasteiger partial charge in [0, 0.05) is 45.5 Å². The van der Waals surface area contributed by atoms with Crippen LogP contribution in [0, 0.1) is 0 Å². The molecule has 0 amide bonds. The van der Waals surface area contributed by atoms with Gasteiger partial charge in [0.2, 0.25) is 10.0 Å². The SMILES string of the molecule is CC1CN(c2ccc(S(=O)(=O)N3CCN(C)CC3)cn2)CC(C)O1. The van der Waals surface area contributed by atoms with Gasteiger partial charge in [-0.2, -0.15) is 4.31 Å². The number of anilines is 1. The zero-order chi connectivity index (χ0) is 17.3. The zero-order valence-corrected chi connectivity index (χ0v) is 15.4. The van der Waals surface area contributed by atoms with Crippen LogP contribution in [0.25, 0.3) is 0 Å². The summed E-state index contributed by atoms with van der Waals surface area (Å²) in [6.45, 7) is 8.17. The van der Waals surface area contributed by atoms with E-state index in [0.717, 1.165) is 32.0 Å². The largest absolute Gasteiger partial charge is 0.372 e. The van der Waals surface area contributed by atoms with Gasteiger partial charge in [0.1, 0.15) is 10.7 Å². The smallest absolute Gasteiger partial charge is 0.244 e. The molecule has 3 heterocycles. The quantitative estimate of drug-likeness (QED) is 0.793. The molecular formula is C16H26N4O3S. The lowest BCUT2D eigenvalue weighted by atomic mass is 10.2. The summed E-state index contributed by atoms with van der Waals surface area (Å²) in [6.07, 6.45) is 1.77. The first-order valence-electron chi connectivity index (χ1n) is 8.41. The fourth-order valence-electron chi connectivity index (χ4n) is 3.25. The predicted molar refractivity (Wildman–Crippen MR) is 92.7 cm³/mol. The van der Waals surface area contributed by atoms with Crippen LogP contribution in [0.5, 0.6) is 0 Å². The summed E-state index contributed by atoms with van der Waals surface area (Å²) in [5.74, 6) is 0.800. The van der Waals surface area contributed by atoms with Crippen LogP contribution >= 0.6 is 0 Å². The molecule has 1 aromatic rings. The number of ether oxygens (including phenoxy) is 1. The van der Waals surface area contributed by atoms with Crippen molar-refractivity contribution in [2.45, 2.75) is 31.0 Å². The highest BCUT2D eigenvalue weighted by molar-refractivity contribution is 7.89. The molecule has 7 nitrogen and oxygen atoms in total. The summed E-state index contributed by atoms with van der Waals surface area (Å²) in [7, 11) is -1.45. The average Bonchev–Trinajstić information content (AvgIpc) is 2.54. The van der Waals surface area contributed by atoms with E-state index in [1.54, 1.807) is 16.4 Å². The van der Waals surface area contributed by atoms with Crippen molar-refractivity contribution in [3.05, 3.63) is 18.3 Å². The van der Waals surface area contributed by atoms with Crippen molar-refractivity contribution in [2.24, 2.45) is 0 Å². The third-order valence-electron chi connectivity index (χ3n) is 4.56. The highest BCUT2D eigenvalue weighted by Gasteiger charge is 2.28. The number of rotatable bonds is 3. The number of aromatic nitrogens is 1. The van der Waals surface area contributed by atoms with Crippen molar-refractivity contribution in [2.75, 3.05) is 51.2 Å². The van der Waals surface area contributed by atoms with Gasteiger partial charge in [0.25, 0.3) is 0 Å². The lowest BCUT2D eigenvalue weighted by Crippen LogP contribution is -2.47. The fourth-order valence-corrected chi connectivity index (χ4v) is 4.62. The monoisotopic (exact) mass is 354 g/mol. The molecule has 0 aromatic carbocycles. The Morgan fingerprint density at radius 2 is 1.71 bits per heavy atom. The van der Waals surface area contributed by atoms with E-state index >= 15 is 0 Å². The maximum Gasteiger partial charge on any atom is 0.244 e. The maximum absolute atomic E-state index is 12.7. The lowest BCUT2D eigenvalue weighted by molar-refractivity contribution is -0.00546. The number of hydrogen-bond donors (Lipinski definition) is 0. The van der Waals surface area contributed by atoms with E-state index in [0.29, 0.717) is 13.1 Å². The molecule has 0 N–H and O–H groups in total. The highest BCUT2D eigenvalue weighted by atomic mass is 32.2. The number of likely N-dealkylation sites (N-methyl/N-ethyl adjacent to an activating group) is 1. The molecule has 0 radical (unpaired) electrons. The molecule has 134 valence electrons. The van der Waals surface area contributed by atoms with Crippen molar-refractivity contribution in [1.29, 1.82) is 0 Å². The van der Waals surface area contributed by atoms with Gasteiger partial charge in [-0.25, -0.2) is 13.4 Å². The Balaban J connectivity index is 1.74. The molecule has 1 aromatic heterocycles. The van der Waals surface area contributed by atoms with E-state index in [1.165, 1.54) is 6.20 Å². The van der Waals surface area contributed by atoms with Crippen molar-refractivity contribution < 1.29 is 13.2 Å². The van der Waals surface area contributed by atoms with Crippen LogP contribution in [0.15, 0.2) is 23.2 Å². The first-order valence-corrected chi connectivity index (χ1v) is 9.85. The second-order valence-electron chi connectivity index (χ2n) is 6.72. The van der Waals surface area contributed by atoms with Crippen LogP contribution in [0.1, 0.15) is 13.8 Å². The summed E-state index contributed by atoms with van der Waals surface area (Å²) >= 11 is 0. The number of hydrogen-bond acceptors (Lipinski definition) is 6. The van der Waals surface area contributed by atoms with Gasteiger partial charge in [0.15, 0.2) is 0 Å². The summed E-state index contributed by atoms with van der Waals surface area (Å²) in [5.41, 5.74) is 0. The van der Waals surface area contributed by atoms with Gasteiger partial charge in [-0.15, -0.1) is 0 Å². The first kappa shape index (κ1) is 17.6. The van der Waals surface area contributed by atoms with Gasteiger partial charge < -0.3 is 14.5 Å². The molecule has 2 aliphatic rings. The topological polar surface area (TPSA) is 66.0 Å². The number of morpholine rings is 1. The Hall–Kier alpha value is -1.22. The van der Waals surface area contributed by atoms with Gasteiger partial charge in [0.05, 0.1) is 12.2 Å². The molecule has 0 aliphatic carbocycles. The van der Waals surface area contributed by atoms with Crippen LogP contribution < -0.4 is 4.90 Å². The Morgan fingerprint density at radius 1 is 1.08 bits per heavy atom. The number of sulfonamides is 1. The number of pyridine rings is 1. The summed E-state index contributed by atoms with van der Waals surface area (Å²) in [6, 6.07) is 3.47. The highest BCUT2D eigenvalue weighted by Crippen LogP contribution is 2.22. The predicted octanol–water partition coefficient (Wildman–Crippen LogP) is 0.631. The Morgan fingerprint density at radius 3 is 2.25 bits per heavy atom. The average molecular weight is 354 g/mol. The van der Waals surface area contributed by atoms with Crippen LogP contribution in [-0.4, -0.2) is 81.1 Å². The van der Waals surface area contributed by atoms with Crippen molar-refractivity contribution in [3.8, 4) is 0 Å². The Bertz CT molecular complexity index is 646. The van der Waals surface area contributed by atoms with Gasteiger partial charge in [-0.05, 0) is 33.0 Å². The van der Waals surface area contributed by atoms with Crippen LogP contribution in [0.4, 0.5) is 5.82 Å². The molecule has 2 fully saturated rings. The minimum absolute atomic E-state index is 0.143. The van der Waals surface area contributed by atoms with E-state index in [2.05, 4.69) is 14.8 Å². The van der Waals surface area contributed by atoms with Crippen LogP contribution in [0.3, 0.4) is 0 Å². The van der Waals surface area contributed by atoms with Crippen molar-refractivity contribution in [1.82, 2.24) is 14.2 Å². The van der Waals surface area contributed by atoms with Crippen molar-refractivity contribution in [3.63, 3.8) is 0 Å². The normalized spacial score (nSPS) is 27.4. The minimum Gasteiger partial charge on any atom is -0.372 e. The Labute approximate surface area is 144 Å². The molecule has 2 aliphatic heterocycles. The van der Waals surface area contributed by atoms with Gasteiger partial charge >= 0.3 is 0 Å². The van der Waals surface area contributed by atoms with E-state index in [4.69, 9.17) is 4.74 Å². The standard InChI is InChI=1S/C16H26N4O3S/c1-13-11-19(12-14(2)23-13)16-5-4-15(10-17-16)24(21,22)20-8-6-18(3)7-9-20/h4-5,10,13-14H,6-9,11-12H2,1-3H3. The molecule has 3 rings (SSSR count). The van der Waals surface area contributed by atoms with E-state index < -0.39 is 10.0 Å². The molecule has 0 spiro atoms. The third kappa shape index (κ3) is 3.72. The zero-order valence-electron chi connectivity index (χ0n) is 14.6. The number of piperazine rings is 1. The molecule has 8 heteroatoms. The lowest BCUT2D eigenvalue weighted by Gasteiger charge is -2.36. The molecule has 2 saturated heterocycles. The third-order valence-corrected chi connectivity index (χ3v) is 6.45. The van der Waals surface area contributed by atoms with E-state index in [9.17, 15) is 8.42 Å². The molecule has 24 heavy (non-hydrogen) atoms. The maximum atomic E-state index is 12.7. The first-order chi connectivity index (χ1) is 11.4. The van der Waals surface area contributed by atoms with Crippen LogP contribution in [0.2, 0.25) is 0 Å². The van der Waals surface area contributed by atoms with E-state index in [-0.39, 0.29) is 17.1 Å². The van der Waals surface area contributed by atoms with E-state index in [1.807, 2.05) is 20.9 Å². The molecule has 0 bridgehead atoms. The second-order valence-corrected chi connectivity index (χ2v) is 8.66. The molecular weight excluding hydrogens is 328 g/mol. The van der Waals surface area contributed by atoms with Gasteiger partial charge in [-0.1, -0.05) is 0 Å². The summed E-state index contributed by atoms with van der Waals surface area (Å²) in [4.78, 5) is 8.95. The molecule has 0 saturated carbocycles. The number of nitrogens with zero attached hydrogens (tertiary/aromatic N) is 4. The fraction of sp³-hybridized carbons (Fsp3) is 0.688. The van der Waals surface area contributed by atoms with Crippen LogP contribution in [-0.2, 0) is 14.8 Å². The summed E-state index contributed by atoms with van der Waals surface area (Å²) in [5, 5.41) is 0. The molecule has 2 unspecified atom stereocenters. The van der Waals surface area contributed by atoms with Gasteiger partial charge in [-0.3, -0.25) is 0 Å². The minimum atomic E-state index is -3.45. The van der Waals surface area contributed by atoms with Crippen molar-refractivity contribution >= 4 is 15.8 Å². The summed E-state index contributed by atoms with van der Waals surface area (Å²) < 4.78 is 32.7. The Kier molecular flexibility index (Phi) is 5.10.